The summed E-state index contributed by atoms with van der Waals surface area (Å²) >= 11 is 0. The topological polar surface area (TPSA) is 48.5 Å². The lowest BCUT2D eigenvalue weighted by Gasteiger charge is -2.14. The average molecular weight is 716 g/mol. The molecule has 0 atom stereocenters. The fraction of sp³-hybridized carbons (Fsp3) is 0. The number of hydrogen-bond acceptors (Lipinski definition) is 3. The standard InChI is InChI=1S/C51H33N5/c1-4-16-34(17-5-1)49-52-50(35-18-6-2-7-19-35)54-51(53-49)37-20-14-23-39(32-37)56-46-29-13-11-25-42(46)44-27-15-26-40(48(44)56)36-30-31-43-41-24-10-12-28-45(41)55(47(43)33-36)38-21-8-3-9-22-38/h1-33H. The van der Waals surface area contributed by atoms with Gasteiger partial charge in [0.1, 0.15) is 0 Å². The van der Waals surface area contributed by atoms with Crippen LogP contribution < -0.4 is 0 Å². The first-order valence-corrected chi connectivity index (χ1v) is 18.9. The van der Waals surface area contributed by atoms with Gasteiger partial charge in [0, 0.05) is 55.2 Å². The third-order valence-corrected chi connectivity index (χ3v) is 10.8. The number of aromatic nitrogens is 5. The van der Waals surface area contributed by atoms with E-state index in [1.54, 1.807) is 0 Å². The second kappa shape index (κ2) is 13.0. The van der Waals surface area contributed by atoms with E-state index in [1.165, 1.54) is 32.6 Å². The minimum Gasteiger partial charge on any atom is -0.309 e. The van der Waals surface area contributed by atoms with E-state index in [0.29, 0.717) is 17.5 Å². The first-order valence-electron chi connectivity index (χ1n) is 18.9. The third-order valence-electron chi connectivity index (χ3n) is 10.8. The van der Waals surface area contributed by atoms with Crippen molar-refractivity contribution in [1.82, 2.24) is 24.1 Å². The highest BCUT2D eigenvalue weighted by Crippen LogP contribution is 2.41. The number of para-hydroxylation sites is 4. The van der Waals surface area contributed by atoms with E-state index in [9.17, 15) is 0 Å². The van der Waals surface area contributed by atoms with Crippen molar-refractivity contribution in [3.63, 3.8) is 0 Å². The van der Waals surface area contributed by atoms with Gasteiger partial charge < -0.3 is 9.13 Å². The summed E-state index contributed by atoms with van der Waals surface area (Å²) in [4.78, 5) is 15.0. The molecule has 3 aromatic heterocycles. The van der Waals surface area contributed by atoms with E-state index in [2.05, 4.69) is 149 Å². The Balaban J connectivity index is 1.13. The third kappa shape index (κ3) is 5.21. The van der Waals surface area contributed by atoms with E-state index in [1.807, 2.05) is 60.7 Å². The fourth-order valence-corrected chi connectivity index (χ4v) is 8.23. The first-order chi connectivity index (χ1) is 27.8. The van der Waals surface area contributed by atoms with Crippen molar-refractivity contribution in [2.75, 3.05) is 0 Å². The SMILES string of the molecule is c1ccc(-c2nc(-c3ccccc3)nc(-c3cccc(-n4c5ccccc5c5cccc(-c6ccc7c8ccccc8n(-c8ccccc8)c7c6)c54)c3)n2)cc1. The number of benzene rings is 8. The Kier molecular flexibility index (Phi) is 7.42. The van der Waals surface area contributed by atoms with Crippen LogP contribution in [0.15, 0.2) is 200 Å². The Labute approximate surface area is 323 Å². The molecule has 0 radical (unpaired) electrons. The fourth-order valence-electron chi connectivity index (χ4n) is 8.23. The van der Waals surface area contributed by atoms with Gasteiger partial charge in [-0.3, -0.25) is 0 Å². The van der Waals surface area contributed by atoms with Crippen molar-refractivity contribution in [3.8, 4) is 56.7 Å². The van der Waals surface area contributed by atoms with Crippen LogP contribution in [0.2, 0.25) is 0 Å². The highest BCUT2D eigenvalue weighted by atomic mass is 15.0. The van der Waals surface area contributed by atoms with Gasteiger partial charge in [0.15, 0.2) is 17.5 Å². The average Bonchev–Trinajstić information content (AvgIpc) is 3.80. The van der Waals surface area contributed by atoms with E-state index in [-0.39, 0.29) is 0 Å². The highest BCUT2D eigenvalue weighted by molar-refractivity contribution is 6.15. The van der Waals surface area contributed by atoms with E-state index >= 15 is 0 Å². The Bertz CT molecular complexity index is 3180. The zero-order valence-electron chi connectivity index (χ0n) is 30.3. The van der Waals surface area contributed by atoms with E-state index in [4.69, 9.17) is 15.0 Å². The van der Waals surface area contributed by atoms with Gasteiger partial charge in [-0.15, -0.1) is 0 Å². The number of fused-ring (bicyclic) bond motifs is 6. The lowest BCUT2D eigenvalue weighted by molar-refractivity contribution is 1.07. The second-order valence-electron chi connectivity index (χ2n) is 14.1. The second-order valence-corrected chi connectivity index (χ2v) is 14.1. The molecule has 0 saturated heterocycles. The van der Waals surface area contributed by atoms with Crippen molar-refractivity contribution in [1.29, 1.82) is 0 Å². The Morgan fingerprint density at radius 3 is 1.45 bits per heavy atom. The molecule has 0 fully saturated rings. The molecule has 0 N–H and O–H groups in total. The summed E-state index contributed by atoms with van der Waals surface area (Å²) in [6.07, 6.45) is 0. The lowest BCUT2D eigenvalue weighted by atomic mass is 10.00. The number of rotatable bonds is 6. The maximum Gasteiger partial charge on any atom is 0.164 e. The Hall–Kier alpha value is -7.63. The molecule has 5 nitrogen and oxygen atoms in total. The summed E-state index contributed by atoms with van der Waals surface area (Å²) in [5.41, 5.74) is 11.9. The van der Waals surface area contributed by atoms with Gasteiger partial charge in [0.25, 0.3) is 0 Å². The zero-order valence-corrected chi connectivity index (χ0v) is 30.3. The minimum absolute atomic E-state index is 0.625. The van der Waals surface area contributed by atoms with Crippen LogP contribution in [0.3, 0.4) is 0 Å². The van der Waals surface area contributed by atoms with Gasteiger partial charge in [-0.2, -0.15) is 0 Å². The number of nitrogens with zero attached hydrogens (tertiary/aromatic N) is 5. The van der Waals surface area contributed by atoms with Gasteiger partial charge >= 0.3 is 0 Å². The zero-order chi connectivity index (χ0) is 37.0. The largest absolute Gasteiger partial charge is 0.309 e. The summed E-state index contributed by atoms with van der Waals surface area (Å²) in [5, 5.41) is 4.87. The molecule has 0 spiro atoms. The molecule has 11 rings (SSSR count). The molecule has 0 aliphatic rings. The molecule has 3 heterocycles. The van der Waals surface area contributed by atoms with Crippen LogP contribution in [-0.2, 0) is 0 Å². The molecule has 11 aromatic rings. The van der Waals surface area contributed by atoms with Gasteiger partial charge in [0.2, 0.25) is 0 Å². The van der Waals surface area contributed by atoms with Crippen LogP contribution in [-0.4, -0.2) is 24.1 Å². The Morgan fingerprint density at radius 2 is 0.768 bits per heavy atom. The molecule has 0 amide bonds. The predicted molar refractivity (Wildman–Crippen MR) is 230 cm³/mol. The van der Waals surface area contributed by atoms with Crippen LogP contribution in [0.5, 0.6) is 0 Å². The van der Waals surface area contributed by atoms with Gasteiger partial charge in [0.05, 0.1) is 22.1 Å². The maximum atomic E-state index is 5.06. The van der Waals surface area contributed by atoms with Crippen LogP contribution in [0.25, 0.3) is 100 Å². The van der Waals surface area contributed by atoms with Crippen LogP contribution >= 0.6 is 0 Å². The van der Waals surface area contributed by atoms with Crippen molar-refractivity contribution < 1.29 is 0 Å². The molecule has 56 heavy (non-hydrogen) atoms. The van der Waals surface area contributed by atoms with Crippen LogP contribution in [0.4, 0.5) is 0 Å². The molecule has 0 saturated carbocycles. The van der Waals surface area contributed by atoms with E-state index < -0.39 is 0 Å². The highest BCUT2D eigenvalue weighted by Gasteiger charge is 2.20. The molecule has 0 unspecified atom stereocenters. The molecule has 0 bridgehead atoms. The molecule has 0 aliphatic heterocycles. The monoisotopic (exact) mass is 715 g/mol. The van der Waals surface area contributed by atoms with Crippen LogP contribution in [0.1, 0.15) is 0 Å². The van der Waals surface area contributed by atoms with Gasteiger partial charge in [-0.05, 0) is 48.0 Å². The molecule has 5 heteroatoms. The summed E-state index contributed by atoms with van der Waals surface area (Å²) in [6.45, 7) is 0. The van der Waals surface area contributed by atoms with Crippen molar-refractivity contribution in [3.05, 3.63) is 200 Å². The normalized spacial score (nSPS) is 11.6. The number of hydrogen-bond donors (Lipinski definition) is 0. The van der Waals surface area contributed by atoms with Crippen LogP contribution in [0, 0.1) is 0 Å². The maximum absolute atomic E-state index is 5.06. The lowest BCUT2D eigenvalue weighted by Crippen LogP contribution is -2.01. The molecule has 8 aromatic carbocycles. The first kappa shape index (κ1) is 31.9. The van der Waals surface area contributed by atoms with Gasteiger partial charge in [-0.1, -0.05) is 158 Å². The van der Waals surface area contributed by atoms with E-state index in [0.717, 1.165) is 50.2 Å². The smallest absolute Gasteiger partial charge is 0.164 e. The quantitative estimate of drug-likeness (QED) is 0.172. The Morgan fingerprint density at radius 1 is 0.286 bits per heavy atom. The molecular weight excluding hydrogens is 683 g/mol. The van der Waals surface area contributed by atoms with Crippen molar-refractivity contribution in [2.45, 2.75) is 0 Å². The summed E-state index contributed by atoms with van der Waals surface area (Å²) in [7, 11) is 0. The summed E-state index contributed by atoms with van der Waals surface area (Å²) in [5.74, 6) is 1.91. The molecule has 262 valence electrons. The molecule has 0 aliphatic carbocycles. The van der Waals surface area contributed by atoms with Gasteiger partial charge in [-0.25, -0.2) is 15.0 Å². The predicted octanol–water partition coefficient (Wildman–Crippen LogP) is 12.7. The van der Waals surface area contributed by atoms with Crippen molar-refractivity contribution in [2.24, 2.45) is 0 Å². The minimum atomic E-state index is 0.625. The summed E-state index contributed by atoms with van der Waals surface area (Å²) < 4.78 is 4.79. The van der Waals surface area contributed by atoms with Crippen molar-refractivity contribution >= 4 is 43.6 Å². The summed E-state index contributed by atoms with van der Waals surface area (Å²) in [6, 6.07) is 70.4. The molecular formula is C51H33N5.